The number of aliphatic hydroxyl groups is 1. The van der Waals surface area contributed by atoms with E-state index >= 15 is 0 Å². The molecule has 0 bridgehead atoms. The topological polar surface area (TPSA) is 181 Å². The van der Waals surface area contributed by atoms with Crippen LogP contribution in [0.15, 0.2) is 35.1 Å². The van der Waals surface area contributed by atoms with Crippen LogP contribution in [-0.4, -0.2) is 107 Å². The SMILES string of the molecule is COc1cc2nc(Nc3nc4ccc(OCCN5CCOC(CO)C5)cc4c(=O)[nH]3)nc(C)c2cc1OC.O=C(O)C(F)(F)F. The minimum atomic E-state index is -5.08. The zero-order valence-electron chi connectivity index (χ0n) is 24.5. The number of alkyl halides is 3. The number of hydrogen-bond donors (Lipinski definition) is 4. The molecular formula is C28H31F3N6O8. The summed E-state index contributed by atoms with van der Waals surface area (Å²) in [6.45, 7) is 5.06. The number of morpholine rings is 1. The van der Waals surface area contributed by atoms with Gasteiger partial charge in [-0.1, -0.05) is 0 Å². The van der Waals surface area contributed by atoms with Gasteiger partial charge in [-0.15, -0.1) is 0 Å². The van der Waals surface area contributed by atoms with Gasteiger partial charge in [-0.05, 0) is 31.2 Å². The number of hydrogen-bond acceptors (Lipinski definition) is 12. The Labute approximate surface area is 253 Å². The van der Waals surface area contributed by atoms with Crippen molar-refractivity contribution in [1.82, 2.24) is 24.8 Å². The van der Waals surface area contributed by atoms with E-state index in [-0.39, 0.29) is 30.2 Å². The third kappa shape index (κ3) is 8.46. The van der Waals surface area contributed by atoms with Gasteiger partial charge in [-0.25, -0.2) is 19.7 Å². The number of carboxylic acid groups (broad SMARTS) is 1. The van der Waals surface area contributed by atoms with Gasteiger partial charge in [0.2, 0.25) is 11.9 Å². The van der Waals surface area contributed by atoms with Crippen LogP contribution >= 0.6 is 0 Å². The number of methoxy groups -OCH3 is 2. The van der Waals surface area contributed by atoms with Crippen LogP contribution in [0.4, 0.5) is 25.1 Å². The fourth-order valence-corrected chi connectivity index (χ4v) is 4.42. The number of fused-ring (bicyclic) bond motifs is 2. The molecule has 4 aromatic rings. The number of aromatic nitrogens is 4. The van der Waals surface area contributed by atoms with Gasteiger partial charge in [0.15, 0.2) is 11.5 Å². The number of nitrogens with zero attached hydrogens (tertiary/aromatic N) is 4. The smallest absolute Gasteiger partial charge is 0.490 e. The number of carbonyl (C=O) groups is 1. The molecule has 0 radical (unpaired) electrons. The number of halogens is 3. The van der Waals surface area contributed by atoms with Gasteiger partial charge in [0.05, 0.1) is 55.7 Å². The highest BCUT2D eigenvalue weighted by Gasteiger charge is 2.38. The summed E-state index contributed by atoms with van der Waals surface area (Å²) in [5.41, 5.74) is 1.58. The molecule has 2 aromatic heterocycles. The Hall–Kier alpha value is -4.74. The third-order valence-electron chi connectivity index (χ3n) is 6.64. The summed E-state index contributed by atoms with van der Waals surface area (Å²) >= 11 is 0. The van der Waals surface area contributed by atoms with Crippen molar-refractivity contribution in [3.63, 3.8) is 0 Å². The summed E-state index contributed by atoms with van der Waals surface area (Å²) < 4.78 is 53.8. The number of H-pyrrole nitrogens is 1. The van der Waals surface area contributed by atoms with Gasteiger partial charge in [0.1, 0.15) is 12.4 Å². The second kappa shape index (κ2) is 14.4. The summed E-state index contributed by atoms with van der Waals surface area (Å²) in [6, 6.07) is 8.80. The zero-order chi connectivity index (χ0) is 32.7. The van der Waals surface area contributed by atoms with E-state index in [4.69, 9.17) is 28.8 Å². The van der Waals surface area contributed by atoms with Crippen LogP contribution in [0.2, 0.25) is 0 Å². The van der Waals surface area contributed by atoms with Crippen molar-refractivity contribution < 1.29 is 47.1 Å². The minimum absolute atomic E-state index is 0.00518. The molecule has 0 amide bonds. The molecule has 1 saturated heterocycles. The van der Waals surface area contributed by atoms with Crippen LogP contribution in [0.3, 0.4) is 0 Å². The molecule has 1 fully saturated rings. The van der Waals surface area contributed by atoms with Crippen LogP contribution in [0, 0.1) is 6.92 Å². The summed E-state index contributed by atoms with van der Waals surface area (Å²) in [7, 11) is 3.14. The number of anilines is 2. The van der Waals surface area contributed by atoms with Gasteiger partial charge >= 0.3 is 12.1 Å². The molecule has 0 spiro atoms. The van der Waals surface area contributed by atoms with E-state index in [2.05, 4.69) is 30.2 Å². The van der Waals surface area contributed by atoms with E-state index in [1.807, 2.05) is 13.0 Å². The van der Waals surface area contributed by atoms with Crippen molar-refractivity contribution in [2.75, 3.05) is 59.0 Å². The van der Waals surface area contributed by atoms with Crippen molar-refractivity contribution in [2.45, 2.75) is 19.2 Å². The zero-order valence-corrected chi connectivity index (χ0v) is 24.5. The summed E-state index contributed by atoms with van der Waals surface area (Å²) in [5.74, 6) is -0.522. The van der Waals surface area contributed by atoms with Gasteiger partial charge in [0, 0.05) is 31.1 Å². The Bertz CT molecular complexity index is 1720. The average molecular weight is 637 g/mol. The van der Waals surface area contributed by atoms with Gasteiger partial charge in [0.25, 0.3) is 5.56 Å². The molecule has 3 heterocycles. The average Bonchev–Trinajstić information content (AvgIpc) is 3.00. The normalized spacial score (nSPS) is 15.3. The standard InChI is InChI=1S/C26H30N6O6.C2HF3O2/c1-15-18-11-22(35-2)23(36-3)12-21(18)29-25(27-15)31-26-28-20-5-4-16(10-19(20)24(34)30-26)37-8-6-32-7-9-38-17(13-32)14-33;3-2(4,5)1(6)7/h4-5,10-12,17,33H,6-9,13-14H2,1-3H3,(H2,27,28,29,30,31,34);(H,6,7). The number of carboxylic acids is 1. The molecular weight excluding hydrogens is 605 g/mol. The van der Waals surface area contributed by atoms with E-state index in [0.717, 1.165) is 17.6 Å². The Kier molecular flexibility index (Phi) is 10.6. The molecule has 5 rings (SSSR count). The predicted octanol–water partition coefficient (Wildman–Crippen LogP) is 2.64. The van der Waals surface area contributed by atoms with Crippen molar-refractivity contribution in [1.29, 1.82) is 0 Å². The number of aromatic amines is 1. The Morgan fingerprint density at radius 2 is 1.82 bits per heavy atom. The molecule has 0 saturated carbocycles. The lowest BCUT2D eigenvalue weighted by Gasteiger charge is -2.31. The lowest BCUT2D eigenvalue weighted by Crippen LogP contribution is -2.45. The quantitative estimate of drug-likeness (QED) is 0.211. The molecule has 0 aliphatic carbocycles. The minimum Gasteiger partial charge on any atom is -0.493 e. The Morgan fingerprint density at radius 1 is 1.11 bits per heavy atom. The van der Waals surface area contributed by atoms with E-state index in [1.54, 1.807) is 38.5 Å². The lowest BCUT2D eigenvalue weighted by atomic mass is 10.1. The first kappa shape index (κ1) is 33.2. The Balaban J connectivity index is 0.000000591. The molecule has 2 aromatic carbocycles. The fraction of sp³-hybridized carbons (Fsp3) is 0.393. The van der Waals surface area contributed by atoms with Crippen LogP contribution in [0.1, 0.15) is 5.69 Å². The highest BCUT2D eigenvalue weighted by molar-refractivity contribution is 5.86. The number of aryl methyl sites for hydroxylation is 1. The molecule has 242 valence electrons. The number of nitrogens with one attached hydrogen (secondary N) is 2. The van der Waals surface area contributed by atoms with Gasteiger partial charge in [-0.2, -0.15) is 13.2 Å². The summed E-state index contributed by atoms with van der Waals surface area (Å²) in [6.07, 6.45) is -5.24. The first-order chi connectivity index (χ1) is 21.4. The maximum absolute atomic E-state index is 12.9. The number of aliphatic hydroxyl groups excluding tert-OH is 1. The van der Waals surface area contributed by atoms with Crippen LogP contribution in [-0.2, 0) is 9.53 Å². The molecule has 45 heavy (non-hydrogen) atoms. The van der Waals surface area contributed by atoms with E-state index < -0.39 is 12.1 Å². The van der Waals surface area contributed by atoms with Crippen LogP contribution < -0.4 is 25.1 Å². The van der Waals surface area contributed by atoms with E-state index in [1.165, 1.54) is 0 Å². The highest BCUT2D eigenvalue weighted by Crippen LogP contribution is 2.33. The molecule has 1 aliphatic rings. The maximum atomic E-state index is 12.9. The first-order valence-electron chi connectivity index (χ1n) is 13.5. The molecule has 14 nitrogen and oxygen atoms in total. The lowest BCUT2D eigenvalue weighted by molar-refractivity contribution is -0.192. The Morgan fingerprint density at radius 3 is 2.49 bits per heavy atom. The highest BCUT2D eigenvalue weighted by atomic mass is 19.4. The summed E-state index contributed by atoms with van der Waals surface area (Å²) in [5, 5.41) is 20.7. The summed E-state index contributed by atoms with van der Waals surface area (Å²) in [4.78, 5) is 40.3. The van der Waals surface area contributed by atoms with E-state index in [0.29, 0.717) is 60.0 Å². The second-order valence-electron chi connectivity index (χ2n) is 9.70. The maximum Gasteiger partial charge on any atom is 0.490 e. The molecule has 17 heteroatoms. The van der Waals surface area contributed by atoms with E-state index in [9.17, 15) is 23.1 Å². The molecule has 4 N–H and O–H groups in total. The number of ether oxygens (including phenoxy) is 4. The largest absolute Gasteiger partial charge is 0.493 e. The number of aliphatic carboxylic acids is 1. The van der Waals surface area contributed by atoms with Gasteiger partial charge in [-0.3, -0.25) is 20.0 Å². The fourth-order valence-electron chi connectivity index (χ4n) is 4.42. The first-order valence-corrected chi connectivity index (χ1v) is 13.5. The van der Waals surface area contributed by atoms with Crippen molar-refractivity contribution in [3.8, 4) is 17.2 Å². The number of benzene rings is 2. The van der Waals surface area contributed by atoms with Crippen molar-refractivity contribution in [2.24, 2.45) is 0 Å². The monoisotopic (exact) mass is 636 g/mol. The van der Waals surface area contributed by atoms with Gasteiger partial charge < -0.3 is 29.2 Å². The molecule has 1 aliphatic heterocycles. The second-order valence-corrected chi connectivity index (χ2v) is 9.70. The van der Waals surface area contributed by atoms with Crippen molar-refractivity contribution in [3.05, 3.63) is 46.4 Å². The molecule has 1 atom stereocenters. The van der Waals surface area contributed by atoms with Crippen LogP contribution in [0.25, 0.3) is 21.8 Å². The van der Waals surface area contributed by atoms with Crippen molar-refractivity contribution >= 4 is 39.7 Å². The molecule has 1 unspecified atom stereocenters. The number of rotatable bonds is 9. The third-order valence-corrected chi connectivity index (χ3v) is 6.64. The van der Waals surface area contributed by atoms with Crippen LogP contribution in [0.5, 0.6) is 17.2 Å². The predicted molar refractivity (Wildman–Crippen MR) is 155 cm³/mol.